The molecular weight excluding hydrogens is 662 g/mol. The monoisotopic (exact) mass is 703 g/mol. The van der Waals surface area contributed by atoms with Crippen molar-refractivity contribution in [1.82, 2.24) is 4.90 Å². The van der Waals surface area contributed by atoms with E-state index in [1.807, 2.05) is 74.5 Å². The summed E-state index contributed by atoms with van der Waals surface area (Å²) in [4.78, 5) is 27.8. The molecule has 0 spiro atoms. The van der Waals surface area contributed by atoms with Crippen LogP contribution in [0.15, 0.2) is 60.7 Å². The molecule has 2 aromatic carbocycles. The Balaban J connectivity index is 1.21. The van der Waals surface area contributed by atoms with Crippen molar-refractivity contribution in [1.29, 1.82) is 0 Å². The van der Waals surface area contributed by atoms with Crippen molar-refractivity contribution >= 4 is 23.7 Å². The molecular formula is C35H42ClNO12. The van der Waals surface area contributed by atoms with Gasteiger partial charge in [-0.05, 0) is 38.8 Å². The summed E-state index contributed by atoms with van der Waals surface area (Å²) >= 11 is 5.87. The fourth-order valence-electron chi connectivity index (χ4n) is 7.04. The van der Waals surface area contributed by atoms with E-state index in [0.717, 1.165) is 11.1 Å². The van der Waals surface area contributed by atoms with Crippen LogP contribution in [0.4, 0.5) is 4.79 Å². The first kappa shape index (κ1) is 34.6. The normalized spacial score (nSPS) is 35.9. The lowest BCUT2D eigenvalue weighted by molar-refractivity contribution is -0.304. The molecule has 5 saturated heterocycles. The van der Waals surface area contributed by atoms with E-state index in [1.165, 1.54) is 4.90 Å². The lowest BCUT2D eigenvalue weighted by atomic mass is 9.95. The molecule has 0 N–H and O–H groups in total. The second kappa shape index (κ2) is 14.0. The number of hydrogen-bond donors (Lipinski definition) is 0. The maximum absolute atomic E-state index is 13.6. The van der Waals surface area contributed by atoms with Crippen molar-refractivity contribution < 1.29 is 57.0 Å². The first-order chi connectivity index (χ1) is 23.5. The molecule has 7 rings (SSSR count). The van der Waals surface area contributed by atoms with Crippen molar-refractivity contribution in [2.24, 2.45) is 0 Å². The Kier molecular flexibility index (Phi) is 9.92. The zero-order valence-corrected chi connectivity index (χ0v) is 28.6. The summed E-state index contributed by atoms with van der Waals surface area (Å²) in [5.74, 6) is -2.86. The van der Waals surface area contributed by atoms with Gasteiger partial charge in [-0.15, -0.1) is 11.6 Å². The minimum Gasteiger partial charge on any atom is -0.455 e. The third kappa shape index (κ3) is 7.46. The van der Waals surface area contributed by atoms with Crippen LogP contribution in [-0.4, -0.2) is 109 Å². The van der Waals surface area contributed by atoms with Gasteiger partial charge in [0.1, 0.15) is 42.4 Å². The molecule has 10 atom stereocenters. The van der Waals surface area contributed by atoms with Crippen molar-refractivity contribution in [3.63, 3.8) is 0 Å². The van der Waals surface area contributed by atoms with Crippen LogP contribution in [0.1, 0.15) is 38.8 Å². The number of ether oxygens (including phenoxy) is 10. The summed E-state index contributed by atoms with van der Waals surface area (Å²) < 4.78 is 62.3. The molecule has 13 nitrogen and oxygen atoms in total. The van der Waals surface area contributed by atoms with Crippen LogP contribution in [0.5, 0.6) is 0 Å². The Labute approximate surface area is 289 Å². The number of carbonyl (C=O) groups excluding carboxylic acids is 2. The number of nitrogens with zero attached hydrogens (tertiary/aromatic N) is 1. The van der Waals surface area contributed by atoms with E-state index in [2.05, 4.69) is 0 Å². The molecule has 5 aliphatic rings. The average Bonchev–Trinajstić information content (AvgIpc) is 3.79. The quantitative estimate of drug-likeness (QED) is 0.249. The van der Waals surface area contributed by atoms with E-state index in [9.17, 15) is 9.59 Å². The third-order valence-corrected chi connectivity index (χ3v) is 9.35. The summed E-state index contributed by atoms with van der Waals surface area (Å²) in [7, 11) is 0. The number of halogens is 1. The second-order valence-electron chi connectivity index (χ2n) is 13.6. The van der Waals surface area contributed by atoms with Crippen LogP contribution >= 0.6 is 11.6 Å². The highest BCUT2D eigenvalue weighted by molar-refractivity contribution is 6.26. The van der Waals surface area contributed by atoms with E-state index >= 15 is 0 Å². The fraction of sp³-hybridized carbons (Fsp3) is 0.600. The van der Waals surface area contributed by atoms with Gasteiger partial charge in [-0.2, -0.15) is 0 Å². The highest BCUT2D eigenvalue weighted by atomic mass is 35.5. The lowest BCUT2D eigenvalue weighted by Crippen LogP contribution is -2.63. The molecule has 0 saturated carbocycles. The number of hydrogen-bond acceptors (Lipinski definition) is 12. The van der Waals surface area contributed by atoms with Gasteiger partial charge in [0.2, 0.25) is 0 Å². The van der Waals surface area contributed by atoms with Gasteiger partial charge in [-0.3, -0.25) is 9.69 Å². The average molecular weight is 704 g/mol. The van der Waals surface area contributed by atoms with Crippen molar-refractivity contribution in [2.45, 2.75) is 114 Å². The van der Waals surface area contributed by atoms with Crippen LogP contribution in [0.25, 0.3) is 0 Å². The molecule has 5 heterocycles. The predicted molar refractivity (Wildman–Crippen MR) is 170 cm³/mol. The molecule has 0 bridgehead atoms. The summed E-state index contributed by atoms with van der Waals surface area (Å²) in [5, 5.41) is 0. The van der Waals surface area contributed by atoms with Crippen molar-refractivity contribution in [3.8, 4) is 0 Å². The van der Waals surface area contributed by atoms with Crippen LogP contribution in [0, 0.1) is 0 Å². The number of carbonyl (C=O) groups is 2. The predicted octanol–water partition coefficient (Wildman–Crippen LogP) is 3.88. The van der Waals surface area contributed by atoms with Crippen molar-refractivity contribution in [2.75, 3.05) is 19.1 Å². The smallest absolute Gasteiger partial charge is 0.411 e. The Morgan fingerprint density at radius 1 is 0.878 bits per heavy atom. The van der Waals surface area contributed by atoms with Crippen LogP contribution < -0.4 is 0 Å². The maximum atomic E-state index is 13.6. The zero-order chi connectivity index (χ0) is 34.3. The molecule has 1 amide bonds. The van der Waals surface area contributed by atoms with Gasteiger partial charge in [0.05, 0.1) is 19.8 Å². The number of amides is 1. The highest BCUT2D eigenvalue weighted by Crippen LogP contribution is 2.44. The largest absolute Gasteiger partial charge is 0.455 e. The molecule has 5 fully saturated rings. The van der Waals surface area contributed by atoms with Gasteiger partial charge in [0, 0.05) is 6.54 Å². The van der Waals surface area contributed by atoms with Gasteiger partial charge in [0.25, 0.3) is 0 Å². The third-order valence-electron chi connectivity index (χ3n) is 9.13. The Hall–Kier alpha value is -2.85. The summed E-state index contributed by atoms with van der Waals surface area (Å²) in [5.41, 5.74) is 1.80. The standard InChI is InChI=1S/C35H42ClNO12/c1-34(2)41-19-23(47-34)27-29(30-32(44-27)49-35(3,4)48-30)45-31-25-28(46-33(39)37(25)16-20-11-7-5-8-12-20)26(43-24(38)15-36)22(42-31)18-40-17-21-13-9-6-10-14-21/h5-14,22-23,25-32H,15-19H2,1-4H3/t22-,23-,25-,26-,27-,28-,29+,30-,31-,32-/m1/s1. The molecule has 0 aliphatic carbocycles. The minimum absolute atomic E-state index is 0.00843. The number of esters is 1. The Morgan fingerprint density at radius 2 is 1.59 bits per heavy atom. The van der Waals surface area contributed by atoms with Gasteiger partial charge in [0.15, 0.2) is 36.4 Å². The van der Waals surface area contributed by atoms with Gasteiger partial charge in [-0.25, -0.2) is 4.79 Å². The first-order valence-electron chi connectivity index (χ1n) is 16.5. The fourth-order valence-corrected chi connectivity index (χ4v) is 7.10. The van der Waals surface area contributed by atoms with E-state index in [-0.39, 0.29) is 26.4 Å². The summed E-state index contributed by atoms with van der Waals surface area (Å²) in [6.45, 7) is 7.96. The summed E-state index contributed by atoms with van der Waals surface area (Å²) in [6, 6.07) is 18.2. The Morgan fingerprint density at radius 3 is 2.27 bits per heavy atom. The van der Waals surface area contributed by atoms with Crippen LogP contribution in [-0.2, 0) is 65.3 Å². The lowest BCUT2D eigenvalue weighted by Gasteiger charge is -2.44. The molecule has 5 aliphatic heterocycles. The molecule has 2 aromatic rings. The molecule has 0 aromatic heterocycles. The molecule has 49 heavy (non-hydrogen) atoms. The molecule has 0 radical (unpaired) electrons. The number of fused-ring (bicyclic) bond motifs is 2. The van der Waals surface area contributed by atoms with Gasteiger partial charge < -0.3 is 47.4 Å². The van der Waals surface area contributed by atoms with E-state index in [1.54, 1.807) is 13.8 Å². The molecule has 0 unspecified atom stereocenters. The number of benzene rings is 2. The molecule has 14 heteroatoms. The second-order valence-corrected chi connectivity index (χ2v) is 13.9. The Bertz CT molecular complexity index is 1460. The maximum Gasteiger partial charge on any atom is 0.411 e. The zero-order valence-electron chi connectivity index (χ0n) is 27.8. The van der Waals surface area contributed by atoms with Crippen molar-refractivity contribution in [3.05, 3.63) is 71.8 Å². The first-order valence-corrected chi connectivity index (χ1v) is 17.1. The van der Waals surface area contributed by atoms with E-state index in [0.29, 0.717) is 0 Å². The van der Waals surface area contributed by atoms with Gasteiger partial charge >= 0.3 is 12.1 Å². The number of rotatable bonds is 11. The number of alkyl halides is 1. The summed E-state index contributed by atoms with van der Waals surface area (Å²) in [6.07, 6.45) is -8.00. The van der Waals surface area contributed by atoms with E-state index < -0.39 is 90.9 Å². The molecule has 266 valence electrons. The van der Waals surface area contributed by atoms with Gasteiger partial charge in [-0.1, -0.05) is 60.7 Å². The highest BCUT2D eigenvalue weighted by Gasteiger charge is 2.63. The minimum atomic E-state index is -1.10. The van der Waals surface area contributed by atoms with Crippen LogP contribution in [0.3, 0.4) is 0 Å². The van der Waals surface area contributed by atoms with Crippen LogP contribution in [0.2, 0.25) is 0 Å². The SMILES string of the molecule is CC1(C)O[C@H]2O[C@H]([C@H]3COC(C)(C)O3)[C@H](O[C@H]3O[C@H](COCc4ccccc4)[C@@H](OC(=O)CCl)[C@@H]4OC(=O)N(Cc5ccccc5)[C@@H]34)[C@H]2O1. The topological polar surface area (TPSA) is 130 Å². The van der Waals surface area contributed by atoms with E-state index in [4.69, 9.17) is 59.0 Å².